The minimum atomic E-state index is 0.521. The number of hydrogen-bond acceptors (Lipinski definition) is 3. The van der Waals surface area contributed by atoms with Crippen LogP contribution >= 0.6 is 0 Å². The topological polar surface area (TPSA) is 52.9 Å². The molecule has 0 fully saturated rings. The van der Waals surface area contributed by atoms with E-state index in [1.54, 1.807) is 0 Å². The Kier molecular flexibility index (Phi) is 13.6. The Bertz CT molecular complexity index is 5190. The van der Waals surface area contributed by atoms with Crippen LogP contribution in [0, 0.1) is 62.0 Å². The van der Waals surface area contributed by atoms with Crippen molar-refractivity contribution in [1.29, 1.82) is 0 Å². The zero-order chi connectivity index (χ0) is 61.5. The van der Waals surface area contributed by atoms with Crippen LogP contribution in [0.4, 0.5) is 5.69 Å². The molecule has 430 valence electrons. The van der Waals surface area contributed by atoms with Crippen LogP contribution in [0.15, 0.2) is 243 Å². The van der Waals surface area contributed by atoms with Gasteiger partial charge in [0.25, 0.3) is 0 Å². The Hall–Kier alpha value is -11.3. The Labute approximate surface area is 525 Å². The lowest BCUT2D eigenvalue weighted by Crippen LogP contribution is -2.02. The molecule has 0 amide bonds. The SMILES string of the molecule is [C-]#[N+]c1ccc(-n2c3ccc(-c4ccc(C)cc4C)cc3c3cc(-c4ccc(C)cc4C)ccc32)cc1-c1cc(-c2nc(-c3ccccc3)nc(-c3ccccc3)n2)ccc1-n1c2ccc(-c3ccc(C)cc3C)cc2c2cc(-c3ccc(C)cc3C)ccc21. The molecule has 0 aliphatic rings. The normalized spacial score (nSPS) is 11.5. The van der Waals surface area contributed by atoms with Gasteiger partial charge in [0.05, 0.1) is 34.3 Å². The number of fused-ring (bicyclic) bond motifs is 6. The van der Waals surface area contributed by atoms with Crippen LogP contribution in [-0.4, -0.2) is 24.1 Å². The fourth-order valence-electron chi connectivity index (χ4n) is 13.8. The van der Waals surface area contributed by atoms with Crippen molar-refractivity contribution in [3.05, 3.63) is 299 Å². The summed E-state index contributed by atoms with van der Waals surface area (Å²) >= 11 is 0. The van der Waals surface area contributed by atoms with Crippen LogP contribution in [0.25, 0.3) is 150 Å². The molecule has 6 nitrogen and oxygen atoms in total. The maximum atomic E-state index is 9.03. The molecule has 3 heterocycles. The van der Waals surface area contributed by atoms with Crippen LogP contribution in [0.1, 0.15) is 44.5 Å². The maximum absolute atomic E-state index is 9.03. The molecule has 90 heavy (non-hydrogen) atoms. The summed E-state index contributed by atoms with van der Waals surface area (Å²) in [5, 5.41) is 4.56. The molecule has 15 aromatic rings. The summed E-state index contributed by atoms with van der Waals surface area (Å²) in [6.45, 7) is 26.5. The highest BCUT2D eigenvalue weighted by atomic mass is 15.0. The average molecular weight is 1160 g/mol. The van der Waals surface area contributed by atoms with Crippen LogP contribution < -0.4 is 0 Å². The molecule has 0 bridgehead atoms. The zero-order valence-electron chi connectivity index (χ0n) is 51.8. The molecule has 0 unspecified atom stereocenters. The number of rotatable bonds is 10. The fourth-order valence-corrected chi connectivity index (χ4v) is 13.8. The van der Waals surface area contributed by atoms with Gasteiger partial charge >= 0.3 is 0 Å². The summed E-state index contributed by atoms with van der Waals surface area (Å²) in [5.74, 6) is 1.67. The molecule has 3 aromatic heterocycles. The van der Waals surface area contributed by atoms with Crippen molar-refractivity contribution in [2.75, 3.05) is 0 Å². The first-order chi connectivity index (χ1) is 43.8. The van der Waals surface area contributed by atoms with E-state index in [1.165, 1.54) is 77.9 Å². The van der Waals surface area contributed by atoms with Crippen LogP contribution in [0.2, 0.25) is 0 Å². The molecule has 0 aliphatic heterocycles. The average Bonchev–Trinajstić information content (AvgIpc) is 1.58. The molecule has 0 saturated heterocycles. The van der Waals surface area contributed by atoms with E-state index in [4.69, 9.17) is 21.5 Å². The third kappa shape index (κ3) is 9.73. The lowest BCUT2D eigenvalue weighted by atomic mass is 9.95. The number of aromatic nitrogens is 5. The molecule has 6 heteroatoms. The van der Waals surface area contributed by atoms with E-state index in [-0.39, 0.29) is 0 Å². The molecular formula is C84H64N6. The Morgan fingerprint density at radius 2 is 0.633 bits per heavy atom. The smallest absolute Gasteiger partial charge is 0.195 e. The second kappa shape index (κ2) is 22.2. The molecule has 0 atom stereocenters. The van der Waals surface area contributed by atoms with E-state index < -0.39 is 0 Å². The van der Waals surface area contributed by atoms with Crippen molar-refractivity contribution in [2.24, 2.45) is 0 Å². The minimum Gasteiger partial charge on any atom is -0.309 e. The predicted molar refractivity (Wildman–Crippen MR) is 376 cm³/mol. The fraction of sp³-hybridized carbons (Fsp3) is 0.0952. The van der Waals surface area contributed by atoms with Crippen LogP contribution in [0.5, 0.6) is 0 Å². The number of nitrogens with zero attached hydrogens (tertiary/aromatic N) is 6. The quantitative estimate of drug-likeness (QED) is 0.128. The third-order valence-corrected chi connectivity index (χ3v) is 18.1. The highest BCUT2D eigenvalue weighted by Gasteiger charge is 2.24. The van der Waals surface area contributed by atoms with Gasteiger partial charge in [0.15, 0.2) is 23.2 Å². The van der Waals surface area contributed by atoms with Gasteiger partial charge in [-0.3, -0.25) is 0 Å². The highest BCUT2D eigenvalue weighted by Crippen LogP contribution is 2.46. The van der Waals surface area contributed by atoms with Gasteiger partial charge in [-0.1, -0.05) is 186 Å². The van der Waals surface area contributed by atoms with Gasteiger partial charge in [-0.2, -0.15) is 0 Å². The largest absolute Gasteiger partial charge is 0.309 e. The molecular weight excluding hydrogens is 1090 g/mol. The van der Waals surface area contributed by atoms with E-state index in [9.17, 15) is 0 Å². The van der Waals surface area contributed by atoms with Crippen molar-refractivity contribution in [2.45, 2.75) is 55.4 Å². The monoisotopic (exact) mass is 1160 g/mol. The first kappa shape index (κ1) is 55.3. The van der Waals surface area contributed by atoms with Crippen molar-refractivity contribution in [3.8, 4) is 101 Å². The Balaban J connectivity index is 1.01. The van der Waals surface area contributed by atoms with Gasteiger partial charge < -0.3 is 9.13 Å². The lowest BCUT2D eigenvalue weighted by molar-refractivity contribution is 1.07. The van der Waals surface area contributed by atoms with Crippen molar-refractivity contribution in [1.82, 2.24) is 24.1 Å². The van der Waals surface area contributed by atoms with Gasteiger partial charge in [-0.15, -0.1) is 0 Å². The van der Waals surface area contributed by atoms with Crippen molar-refractivity contribution >= 4 is 49.3 Å². The molecule has 0 saturated carbocycles. The number of hydrogen-bond donors (Lipinski definition) is 0. The maximum Gasteiger partial charge on any atom is 0.195 e. The number of benzene rings is 12. The highest BCUT2D eigenvalue weighted by molar-refractivity contribution is 6.14. The van der Waals surface area contributed by atoms with Crippen molar-refractivity contribution in [3.63, 3.8) is 0 Å². The van der Waals surface area contributed by atoms with Crippen LogP contribution in [0.3, 0.4) is 0 Å². The summed E-state index contributed by atoms with van der Waals surface area (Å²) in [6.07, 6.45) is 0. The van der Waals surface area contributed by atoms with Gasteiger partial charge in [0.1, 0.15) is 0 Å². The molecule has 0 radical (unpaired) electrons. The second-order valence-corrected chi connectivity index (χ2v) is 24.5. The van der Waals surface area contributed by atoms with Gasteiger partial charge in [-0.25, -0.2) is 19.8 Å². The number of aryl methyl sites for hydroxylation is 8. The Morgan fingerprint density at radius 1 is 0.278 bits per heavy atom. The molecule has 0 N–H and O–H groups in total. The van der Waals surface area contributed by atoms with E-state index >= 15 is 0 Å². The summed E-state index contributed by atoms with van der Waals surface area (Å²) < 4.78 is 4.79. The van der Waals surface area contributed by atoms with Crippen molar-refractivity contribution < 1.29 is 0 Å². The van der Waals surface area contributed by atoms with E-state index in [0.29, 0.717) is 23.2 Å². The third-order valence-electron chi connectivity index (χ3n) is 18.1. The summed E-state index contributed by atoms with van der Waals surface area (Å²) in [7, 11) is 0. The molecule has 12 aromatic carbocycles. The molecule has 15 rings (SSSR count). The van der Waals surface area contributed by atoms with Gasteiger partial charge in [-0.05, 0) is 212 Å². The summed E-state index contributed by atoms with van der Waals surface area (Å²) in [4.78, 5) is 20.0. The zero-order valence-corrected chi connectivity index (χ0v) is 51.8. The molecule has 0 aliphatic carbocycles. The van der Waals surface area contributed by atoms with E-state index in [2.05, 4.69) is 245 Å². The molecule has 0 spiro atoms. The summed E-state index contributed by atoms with van der Waals surface area (Å²) in [5.41, 5.74) is 30.2. The first-order valence-corrected chi connectivity index (χ1v) is 30.8. The first-order valence-electron chi connectivity index (χ1n) is 30.8. The van der Waals surface area contributed by atoms with Crippen LogP contribution in [-0.2, 0) is 0 Å². The lowest BCUT2D eigenvalue weighted by Gasteiger charge is -2.19. The summed E-state index contributed by atoms with van der Waals surface area (Å²) in [6, 6.07) is 87.7. The standard InChI is InChI=1S/C84H64N6/c1-50-20-30-66(54(5)40-50)60-24-35-77-72(44-60)73-45-61(67-31-21-51(2)41-55(67)6)25-36-78(73)89(77)65-29-34-76(85-9)70(49-65)71-48-64(84-87-82(58-16-12-10-13-17-58)86-83(88-84)59-18-14-11-15-19-59)28-39-79(71)90-80-37-26-62(68-32-22-52(3)42-56(68)7)46-74(80)75-47-63(27-38-81(75)90)69-33-23-53(4)43-57(69)8/h10-49H,1-8H3. The minimum absolute atomic E-state index is 0.521. The van der Waals surface area contributed by atoms with E-state index in [0.717, 1.165) is 93.9 Å². The predicted octanol–water partition coefficient (Wildman–Crippen LogP) is 22.4. The van der Waals surface area contributed by atoms with Gasteiger partial charge in [0, 0.05) is 43.9 Å². The Morgan fingerprint density at radius 3 is 1.00 bits per heavy atom. The van der Waals surface area contributed by atoms with Gasteiger partial charge in [0.2, 0.25) is 0 Å². The van der Waals surface area contributed by atoms with E-state index in [1.807, 2.05) is 66.7 Å². The second-order valence-electron chi connectivity index (χ2n) is 24.5.